The lowest BCUT2D eigenvalue weighted by atomic mass is 9.50. The Morgan fingerprint density at radius 2 is 1.75 bits per heavy atom. The molecule has 1 aromatic carbocycles. The minimum Gasteiger partial charge on any atom is -0.545 e. The van der Waals surface area contributed by atoms with Gasteiger partial charge in [-0.3, -0.25) is 10.1 Å². The second kappa shape index (κ2) is 5.19. The van der Waals surface area contributed by atoms with Crippen LogP contribution in [0.5, 0.6) is 5.75 Å². The van der Waals surface area contributed by atoms with Crippen LogP contribution in [0, 0.1) is 33.8 Å². The molecule has 0 saturated heterocycles. The number of nitrogens with zero attached hydrogens (tertiary/aromatic N) is 1. The van der Waals surface area contributed by atoms with Crippen molar-refractivity contribution in [2.75, 3.05) is 0 Å². The van der Waals surface area contributed by atoms with Crippen molar-refractivity contribution in [1.29, 1.82) is 0 Å². The molecule has 4 bridgehead atoms. The molecule has 5 rings (SSSR count). The van der Waals surface area contributed by atoms with Crippen LogP contribution in [-0.4, -0.2) is 16.5 Å². The fraction of sp³-hybridized carbons (Fsp3) is 0.611. The van der Waals surface area contributed by atoms with Gasteiger partial charge in [-0.25, -0.2) is 0 Å². The van der Waals surface area contributed by atoms with Crippen LogP contribution in [0.4, 0.5) is 5.69 Å². The maximum Gasteiger partial charge on any atom is 0.310 e. The summed E-state index contributed by atoms with van der Waals surface area (Å²) in [4.78, 5) is 21.9. The minimum absolute atomic E-state index is 0.0525. The number of ether oxygens (including phenoxy) is 1. The monoisotopic (exact) mass is 330 g/mol. The van der Waals surface area contributed by atoms with Crippen molar-refractivity contribution < 1.29 is 19.6 Å². The Kier molecular flexibility index (Phi) is 3.34. The summed E-state index contributed by atoms with van der Waals surface area (Å²) in [5.41, 5.74) is -0.735. The van der Waals surface area contributed by atoms with Crippen LogP contribution < -0.4 is 9.84 Å². The first-order valence-corrected chi connectivity index (χ1v) is 8.55. The van der Waals surface area contributed by atoms with Crippen LogP contribution in [0.25, 0.3) is 0 Å². The van der Waals surface area contributed by atoms with Gasteiger partial charge in [-0.1, -0.05) is 0 Å². The molecule has 0 aromatic heterocycles. The Labute approximate surface area is 140 Å². The van der Waals surface area contributed by atoms with Crippen molar-refractivity contribution in [3.63, 3.8) is 0 Å². The molecule has 0 N–H and O–H groups in total. The van der Waals surface area contributed by atoms with Crippen molar-refractivity contribution in [2.45, 2.75) is 44.6 Å². The average Bonchev–Trinajstić information content (AvgIpc) is 2.51. The fourth-order valence-electron chi connectivity index (χ4n) is 5.40. The molecule has 6 heteroatoms. The number of nitro benzene ring substituents is 1. The van der Waals surface area contributed by atoms with Crippen LogP contribution in [0.1, 0.15) is 49.4 Å². The summed E-state index contributed by atoms with van der Waals surface area (Å²) in [7, 11) is 0. The zero-order valence-corrected chi connectivity index (χ0v) is 13.6. The summed E-state index contributed by atoms with van der Waals surface area (Å²) in [6.07, 6.45) is 5.74. The van der Waals surface area contributed by atoms with Gasteiger partial charge in [0.15, 0.2) is 5.75 Å². The van der Waals surface area contributed by atoms with Crippen molar-refractivity contribution in [2.24, 2.45) is 23.7 Å². The highest BCUT2D eigenvalue weighted by Gasteiger charge is 2.56. The third-order valence-electron chi connectivity index (χ3n) is 6.48. The number of carboxylic acids is 1. The van der Waals surface area contributed by atoms with Crippen LogP contribution in [0.2, 0.25) is 0 Å². The first-order chi connectivity index (χ1) is 11.4. The minimum atomic E-state index is -1.36. The van der Waals surface area contributed by atoms with Gasteiger partial charge in [0.05, 0.1) is 10.9 Å². The zero-order valence-electron chi connectivity index (χ0n) is 13.6. The summed E-state index contributed by atoms with van der Waals surface area (Å²) >= 11 is 0. The van der Waals surface area contributed by atoms with E-state index in [-0.39, 0.29) is 17.0 Å². The Morgan fingerprint density at radius 1 is 1.17 bits per heavy atom. The van der Waals surface area contributed by atoms with Crippen LogP contribution in [0.3, 0.4) is 0 Å². The van der Waals surface area contributed by atoms with Gasteiger partial charge in [-0.05, 0) is 74.8 Å². The highest BCUT2D eigenvalue weighted by Crippen LogP contribution is 2.59. The Morgan fingerprint density at radius 3 is 2.25 bits per heavy atom. The lowest BCUT2D eigenvalue weighted by Gasteiger charge is -2.59. The maximum atomic E-state index is 11.3. The average molecular weight is 330 g/mol. The standard InChI is InChI=1S/C18H21NO5/c1-18(13-5-10-4-11(7-13)8-14(18)6-10)24-16-9-12(17(20)21)2-3-15(16)19(22)23/h2-3,9-11,13-14H,4-8H2,1H3,(H,20,21)/p-1. The van der Waals surface area contributed by atoms with Gasteiger partial charge in [-0.15, -0.1) is 0 Å². The van der Waals surface area contributed by atoms with Crippen molar-refractivity contribution >= 4 is 11.7 Å². The van der Waals surface area contributed by atoms with Gasteiger partial charge >= 0.3 is 5.69 Å². The molecular weight excluding hydrogens is 310 g/mol. The van der Waals surface area contributed by atoms with E-state index in [0.29, 0.717) is 11.8 Å². The van der Waals surface area contributed by atoms with E-state index >= 15 is 0 Å². The van der Waals surface area contributed by atoms with E-state index in [1.807, 2.05) is 0 Å². The van der Waals surface area contributed by atoms with E-state index in [2.05, 4.69) is 6.92 Å². The number of carboxylic acid groups (broad SMARTS) is 1. The van der Waals surface area contributed by atoms with Crippen LogP contribution >= 0.6 is 0 Å². The molecule has 1 aromatic rings. The van der Waals surface area contributed by atoms with Crippen molar-refractivity contribution in [1.82, 2.24) is 0 Å². The van der Waals surface area contributed by atoms with Gasteiger partial charge in [0.25, 0.3) is 0 Å². The second-order valence-electron chi connectivity index (χ2n) is 7.82. The van der Waals surface area contributed by atoms with E-state index in [4.69, 9.17) is 4.74 Å². The predicted molar refractivity (Wildman–Crippen MR) is 83.5 cm³/mol. The third-order valence-corrected chi connectivity index (χ3v) is 6.48. The number of benzene rings is 1. The van der Waals surface area contributed by atoms with Gasteiger partial charge in [0, 0.05) is 11.6 Å². The third kappa shape index (κ3) is 2.27. The van der Waals surface area contributed by atoms with Gasteiger partial charge in [0.2, 0.25) is 0 Å². The largest absolute Gasteiger partial charge is 0.545 e. The Bertz CT molecular complexity index is 685. The second-order valence-corrected chi connectivity index (χ2v) is 7.82. The molecule has 24 heavy (non-hydrogen) atoms. The van der Waals surface area contributed by atoms with E-state index in [9.17, 15) is 20.0 Å². The number of rotatable bonds is 4. The molecule has 6 nitrogen and oxygen atoms in total. The molecule has 0 atom stereocenters. The lowest BCUT2D eigenvalue weighted by Crippen LogP contribution is -2.59. The predicted octanol–water partition coefficient (Wildman–Crippen LogP) is 2.55. The van der Waals surface area contributed by atoms with Gasteiger partial charge < -0.3 is 14.6 Å². The molecule has 0 spiro atoms. The number of hydrogen-bond donors (Lipinski definition) is 0. The first kappa shape index (κ1) is 15.4. The zero-order chi connectivity index (χ0) is 17.1. The van der Waals surface area contributed by atoms with E-state index < -0.39 is 16.5 Å². The number of nitro groups is 1. The number of aromatic carboxylic acids is 1. The summed E-state index contributed by atoms with van der Waals surface area (Å²) in [5, 5.41) is 22.4. The molecule has 0 radical (unpaired) electrons. The van der Waals surface area contributed by atoms with E-state index in [1.54, 1.807) is 0 Å². The number of carbonyl (C=O) groups excluding carboxylic acids is 1. The maximum absolute atomic E-state index is 11.3. The number of carbonyl (C=O) groups is 1. The number of hydrogen-bond acceptors (Lipinski definition) is 5. The Hall–Kier alpha value is -2.11. The summed E-state index contributed by atoms with van der Waals surface area (Å²) in [6.45, 7) is 2.05. The van der Waals surface area contributed by atoms with Crippen LogP contribution in [0.15, 0.2) is 18.2 Å². The van der Waals surface area contributed by atoms with Gasteiger partial charge in [0.1, 0.15) is 5.60 Å². The van der Waals surface area contributed by atoms with Gasteiger partial charge in [-0.2, -0.15) is 0 Å². The normalized spacial score (nSPS) is 36.5. The summed E-state index contributed by atoms with van der Waals surface area (Å²) in [6, 6.07) is 3.63. The molecule has 128 valence electrons. The van der Waals surface area contributed by atoms with E-state index in [1.165, 1.54) is 24.6 Å². The quantitative estimate of drug-likeness (QED) is 0.625. The SMILES string of the molecule is CC1(Oc2cc(C(=O)[O-])ccc2[N+](=O)[O-])C2CC3CC(C2)CC1C3. The molecular formula is C18H20NO5-. The summed E-state index contributed by atoms with van der Waals surface area (Å²) in [5.74, 6) is 0.990. The molecule has 0 amide bonds. The lowest BCUT2D eigenvalue weighted by molar-refractivity contribution is -0.386. The molecule has 4 aliphatic carbocycles. The topological polar surface area (TPSA) is 92.5 Å². The fourth-order valence-corrected chi connectivity index (χ4v) is 5.40. The van der Waals surface area contributed by atoms with E-state index in [0.717, 1.165) is 37.5 Å². The highest BCUT2D eigenvalue weighted by molar-refractivity contribution is 5.87. The molecule has 4 fully saturated rings. The molecule has 4 aliphatic rings. The summed E-state index contributed by atoms with van der Waals surface area (Å²) < 4.78 is 6.23. The molecule has 0 unspecified atom stereocenters. The van der Waals surface area contributed by atoms with Crippen molar-refractivity contribution in [3.05, 3.63) is 33.9 Å². The molecule has 0 aliphatic heterocycles. The Balaban J connectivity index is 1.70. The van der Waals surface area contributed by atoms with Crippen molar-refractivity contribution in [3.8, 4) is 5.75 Å². The highest BCUT2D eigenvalue weighted by atomic mass is 16.6. The first-order valence-electron chi connectivity index (χ1n) is 8.55. The molecule has 0 heterocycles. The molecule has 4 saturated carbocycles. The van der Waals surface area contributed by atoms with Crippen LogP contribution in [-0.2, 0) is 0 Å². The smallest absolute Gasteiger partial charge is 0.310 e.